The first-order valence-corrected chi connectivity index (χ1v) is 6.68. The van der Waals surface area contributed by atoms with Crippen LogP contribution < -0.4 is 0 Å². The largest absolute Gasteiger partial charge is 0.478 e. The highest BCUT2D eigenvalue weighted by molar-refractivity contribution is 9.10. The van der Waals surface area contributed by atoms with Gasteiger partial charge in [-0.1, -0.05) is 15.9 Å². The molecule has 0 spiro atoms. The van der Waals surface area contributed by atoms with E-state index in [1.807, 2.05) is 12.1 Å². The minimum Gasteiger partial charge on any atom is -0.478 e. The molecule has 3 aromatic rings. The van der Waals surface area contributed by atoms with Crippen molar-refractivity contribution in [1.29, 1.82) is 0 Å². The Morgan fingerprint density at radius 3 is 2.75 bits per heavy atom. The second-order valence-electron chi connectivity index (χ2n) is 4.26. The number of fused-ring (bicyclic) bond motifs is 1. The SMILES string of the molecule is O=C(O)c1cc(-c2cccnc2)nc2ccc(Br)cc12. The number of carbonyl (C=O) groups is 1. The number of hydrogen-bond donors (Lipinski definition) is 1. The molecule has 0 amide bonds. The zero-order valence-electron chi connectivity index (χ0n) is 10.2. The first-order chi connectivity index (χ1) is 9.65. The van der Waals surface area contributed by atoms with E-state index in [2.05, 4.69) is 25.9 Å². The van der Waals surface area contributed by atoms with Crippen LogP contribution in [0.2, 0.25) is 0 Å². The van der Waals surface area contributed by atoms with Crippen LogP contribution in [0.25, 0.3) is 22.2 Å². The third-order valence-electron chi connectivity index (χ3n) is 2.96. The van der Waals surface area contributed by atoms with E-state index in [9.17, 15) is 9.90 Å². The van der Waals surface area contributed by atoms with Crippen LogP contribution in [0.15, 0.2) is 53.3 Å². The molecule has 0 aliphatic carbocycles. The number of pyridine rings is 2. The van der Waals surface area contributed by atoms with Crippen LogP contribution in [0.3, 0.4) is 0 Å². The monoisotopic (exact) mass is 328 g/mol. The van der Waals surface area contributed by atoms with Gasteiger partial charge in [0.2, 0.25) is 0 Å². The van der Waals surface area contributed by atoms with Gasteiger partial charge in [-0.25, -0.2) is 9.78 Å². The van der Waals surface area contributed by atoms with Gasteiger partial charge in [0.15, 0.2) is 0 Å². The normalized spacial score (nSPS) is 10.7. The molecule has 3 rings (SSSR count). The van der Waals surface area contributed by atoms with Crippen LogP contribution in [0, 0.1) is 0 Å². The lowest BCUT2D eigenvalue weighted by Gasteiger charge is -2.07. The molecule has 0 aliphatic heterocycles. The maximum absolute atomic E-state index is 11.5. The summed E-state index contributed by atoms with van der Waals surface area (Å²) in [5.74, 6) is -0.972. The van der Waals surface area contributed by atoms with E-state index in [1.54, 1.807) is 36.7 Å². The average Bonchev–Trinajstić information content (AvgIpc) is 2.47. The molecular weight excluding hydrogens is 320 g/mol. The minimum atomic E-state index is -0.972. The Kier molecular flexibility index (Phi) is 3.20. The Morgan fingerprint density at radius 2 is 2.05 bits per heavy atom. The predicted octanol–water partition coefficient (Wildman–Crippen LogP) is 3.76. The lowest BCUT2D eigenvalue weighted by atomic mass is 10.1. The highest BCUT2D eigenvalue weighted by atomic mass is 79.9. The summed E-state index contributed by atoms with van der Waals surface area (Å²) in [6.45, 7) is 0. The molecule has 1 aromatic carbocycles. The minimum absolute atomic E-state index is 0.232. The number of hydrogen-bond acceptors (Lipinski definition) is 3. The van der Waals surface area contributed by atoms with Crippen molar-refractivity contribution in [2.24, 2.45) is 0 Å². The molecule has 2 heterocycles. The lowest BCUT2D eigenvalue weighted by Crippen LogP contribution is -2.00. The molecule has 0 unspecified atom stereocenters. The highest BCUT2D eigenvalue weighted by Crippen LogP contribution is 2.26. The van der Waals surface area contributed by atoms with Crippen LogP contribution in [0.1, 0.15) is 10.4 Å². The summed E-state index contributed by atoms with van der Waals surface area (Å²) in [6, 6.07) is 10.6. The van der Waals surface area contributed by atoms with E-state index in [-0.39, 0.29) is 5.56 Å². The van der Waals surface area contributed by atoms with Gasteiger partial charge in [-0.05, 0) is 36.4 Å². The quantitative estimate of drug-likeness (QED) is 0.778. The standard InChI is InChI=1S/C15H9BrN2O2/c16-10-3-4-13-11(6-10)12(15(19)20)7-14(18-13)9-2-1-5-17-8-9/h1-8H,(H,19,20). The molecule has 0 atom stereocenters. The van der Waals surface area contributed by atoms with E-state index in [0.717, 1.165) is 10.0 Å². The highest BCUT2D eigenvalue weighted by Gasteiger charge is 2.13. The van der Waals surface area contributed by atoms with Crippen LogP contribution >= 0.6 is 15.9 Å². The third kappa shape index (κ3) is 2.28. The smallest absolute Gasteiger partial charge is 0.336 e. The van der Waals surface area contributed by atoms with Crippen molar-refractivity contribution in [3.8, 4) is 11.3 Å². The second kappa shape index (κ2) is 5.02. The van der Waals surface area contributed by atoms with Gasteiger partial charge >= 0.3 is 5.97 Å². The first kappa shape index (κ1) is 12.7. The summed E-state index contributed by atoms with van der Waals surface area (Å²) in [5.41, 5.74) is 2.27. The Morgan fingerprint density at radius 1 is 1.20 bits per heavy atom. The van der Waals surface area contributed by atoms with Gasteiger partial charge in [0, 0.05) is 27.8 Å². The molecule has 0 bridgehead atoms. The van der Waals surface area contributed by atoms with E-state index in [0.29, 0.717) is 16.6 Å². The van der Waals surface area contributed by atoms with Gasteiger partial charge in [-0.3, -0.25) is 4.98 Å². The topological polar surface area (TPSA) is 63.1 Å². The third-order valence-corrected chi connectivity index (χ3v) is 3.45. The Balaban J connectivity index is 2.32. The number of carboxylic acids is 1. The van der Waals surface area contributed by atoms with Gasteiger partial charge in [-0.15, -0.1) is 0 Å². The average molecular weight is 329 g/mol. The molecule has 0 fully saturated rings. The Labute approximate surface area is 123 Å². The maximum Gasteiger partial charge on any atom is 0.336 e. The van der Waals surface area contributed by atoms with E-state index in [4.69, 9.17) is 0 Å². The summed E-state index contributed by atoms with van der Waals surface area (Å²) < 4.78 is 0.823. The van der Waals surface area contributed by atoms with Crippen molar-refractivity contribution in [2.45, 2.75) is 0 Å². The fourth-order valence-corrected chi connectivity index (χ4v) is 2.40. The maximum atomic E-state index is 11.5. The Hall–Kier alpha value is -2.27. The van der Waals surface area contributed by atoms with Crippen molar-refractivity contribution < 1.29 is 9.90 Å². The fraction of sp³-hybridized carbons (Fsp3) is 0. The molecule has 5 heteroatoms. The van der Waals surface area contributed by atoms with E-state index < -0.39 is 5.97 Å². The molecular formula is C15H9BrN2O2. The van der Waals surface area contributed by atoms with Crippen LogP contribution in [-0.2, 0) is 0 Å². The van der Waals surface area contributed by atoms with Crippen LogP contribution in [-0.4, -0.2) is 21.0 Å². The van der Waals surface area contributed by atoms with Crippen LogP contribution in [0.5, 0.6) is 0 Å². The van der Waals surface area contributed by atoms with Crippen molar-refractivity contribution in [3.05, 3.63) is 58.8 Å². The van der Waals surface area contributed by atoms with Gasteiger partial charge in [-0.2, -0.15) is 0 Å². The molecule has 0 saturated carbocycles. The van der Waals surface area contributed by atoms with Gasteiger partial charge in [0.25, 0.3) is 0 Å². The molecule has 0 saturated heterocycles. The van der Waals surface area contributed by atoms with Crippen molar-refractivity contribution in [1.82, 2.24) is 9.97 Å². The summed E-state index contributed by atoms with van der Waals surface area (Å²) in [5, 5.41) is 10.00. The second-order valence-corrected chi connectivity index (χ2v) is 5.18. The molecule has 1 N–H and O–H groups in total. The number of aromatic nitrogens is 2. The number of benzene rings is 1. The van der Waals surface area contributed by atoms with E-state index in [1.165, 1.54) is 0 Å². The number of halogens is 1. The van der Waals surface area contributed by atoms with Crippen molar-refractivity contribution >= 4 is 32.8 Å². The van der Waals surface area contributed by atoms with Gasteiger partial charge in [0.1, 0.15) is 0 Å². The zero-order valence-corrected chi connectivity index (χ0v) is 11.8. The zero-order chi connectivity index (χ0) is 14.1. The molecule has 4 nitrogen and oxygen atoms in total. The Bertz CT molecular complexity index is 804. The van der Waals surface area contributed by atoms with E-state index >= 15 is 0 Å². The number of carboxylic acid groups (broad SMARTS) is 1. The summed E-state index contributed by atoms with van der Waals surface area (Å²) >= 11 is 3.35. The lowest BCUT2D eigenvalue weighted by molar-refractivity contribution is 0.0699. The number of aromatic carboxylic acids is 1. The molecule has 2 aromatic heterocycles. The summed E-state index contributed by atoms with van der Waals surface area (Å²) in [6.07, 6.45) is 3.33. The summed E-state index contributed by atoms with van der Waals surface area (Å²) in [4.78, 5) is 20.0. The number of nitrogens with zero attached hydrogens (tertiary/aromatic N) is 2. The van der Waals surface area contributed by atoms with Gasteiger partial charge < -0.3 is 5.11 Å². The van der Waals surface area contributed by atoms with Crippen molar-refractivity contribution in [3.63, 3.8) is 0 Å². The van der Waals surface area contributed by atoms with Crippen LogP contribution in [0.4, 0.5) is 0 Å². The predicted molar refractivity (Wildman–Crippen MR) is 79.6 cm³/mol. The molecule has 0 radical (unpaired) electrons. The molecule has 98 valence electrons. The van der Waals surface area contributed by atoms with Gasteiger partial charge in [0.05, 0.1) is 16.8 Å². The fourth-order valence-electron chi connectivity index (χ4n) is 2.04. The first-order valence-electron chi connectivity index (χ1n) is 5.89. The van der Waals surface area contributed by atoms with Crippen molar-refractivity contribution in [2.75, 3.05) is 0 Å². The number of rotatable bonds is 2. The molecule has 20 heavy (non-hydrogen) atoms. The molecule has 0 aliphatic rings. The summed E-state index contributed by atoms with van der Waals surface area (Å²) in [7, 11) is 0.